The number of halogens is 5. The second-order valence-corrected chi connectivity index (χ2v) is 4.07. The maximum atomic E-state index is 12.5. The van der Waals surface area contributed by atoms with Crippen LogP contribution in [-0.4, -0.2) is 18.1 Å². The van der Waals surface area contributed by atoms with Crippen LogP contribution in [0, 0.1) is 0 Å². The van der Waals surface area contributed by atoms with E-state index in [1.165, 1.54) is 6.07 Å². The summed E-state index contributed by atoms with van der Waals surface area (Å²) >= 11 is 5.91. The third-order valence-electron chi connectivity index (χ3n) is 1.37. The van der Waals surface area contributed by atoms with Crippen LogP contribution in [-0.2, 0) is 0 Å². The van der Waals surface area contributed by atoms with Crippen molar-refractivity contribution in [1.82, 2.24) is 0 Å². The van der Waals surface area contributed by atoms with Crippen molar-refractivity contribution >= 4 is 28.7 Å². The predicted molar refractivity (Wildman–Crippen MR) is 44.6 cm³/mol. The van der Waals surface area contributed by atoms with Gasteiger partial charge < -0.3 is 0 Å². The summed E-state index contributed by atoms with van der Waals surface area (Å²) in [4.78, 5) is 10.4. The molecule has 78 valence electrons. The quantitative estimate of drug-likeness (QED) is 0.589. The molecule has 0 unspecified atom stereocenters. The summed E-state index contributed by atoms with van der Waals surface area (Å²) in [5.41, 5.74) is 0. The largest absolute Gasteiger partial charge is 0.369 e. The number of Topliss-reactive ketones (excluding diaryl/α,β-unsaturated/α-hetero) is 1. The van der Waals surface area contributed by atoms with Gasteiger partial charge in [-0.2, -0.15) is 8.78 Å². The highest BCUT2D eigenvalue weighted by Gasteiger charge is 2.49. The zero-order valence-corrected chi connectivity index (χ0v) is 8.01. The Hall–Kier alpha value is -0.620. The van der Waals surface area contributed by atoms with Gasteiger partial charge in [-0.15, -0.1) is 11.3 Å². The van der Waals surface area contributed by atoms with E-state index in [9.17, 15) is 22.4 Å². The molecule has 0 aliphatic heterocycles. The first-order valence-electron chi connectivity index (χ1n) is 3.32. The van der Waals surface area contributed by atoms with Gasteiger partial charge in [0.25, 0.3) is 0 Å². The van der Waals surface area contributed by atoms with Gasteiger partial charge in [0.15, 0.2) is 0 Å². The van der Waals surface area contributed by atoms with E-state index in [0.717, 1.165) is 6.07 Å². The monoisotopic (exact) mass is 246 g/mol. The topological polar surface area (TPSA) is 17.1 Å². The maximum Gasteiger partial charge on any atom is 0.369 e. The van der Waals surface area contributed by atoms with Gasteiger partial charge in [-0.3, -0.25) is 4.79 Å². The van der Waals surface area contributed by atoms with Crippen LogP contribution in [0.5, 0.6) is 0 Å². The molecular formula is C7H3ClF4OS. The molecule has 14 heavy (non-hydrogen) atoms. The van der Waals surface area contributed by atoms with E-state index in [1.807, 2.05) is 0 Å². The molecule has 0 radical (unpaired) electrons. The van der Waals surface area contributed by atoms with Crippen molar-refractivity contribution < 1.29 is 22.4 Å². The summed E-state index contributed by atoms with van der Waals surface area (Å²) in [5, 5.41) is 0. The molecule has 0 aromatic carbocycles. The van der Waals surface area contributed by atoms with E-state index in [4.69, 9.17) is 11.6 Å². The third kappa shape index (κ3) is 2.06. The lowest BCUT2D eigenvalue weighted by Gasteiger charge is -2.11. The summed E-state index contributed by atoms with van der Waals surface area (Å²) in [6, 6.07) is 2.19. The summed E-state index contributed by atoms with van der Waals surface area (Å²) in [6.07, 6.45) is -4.00. The molecule has 0 saturated carbocycles. The number of hydrogen-bond donors (Lipinski definition) is 0. The van der Waals surface area contributed by atoms with Gasteiger partial charge in [-0.05, 0) is 12.1 Å². The molecule has 0 spiro atoms. The second kappa shape index (κ2) is 3.86. The molecule has 1 aromatic heterocycles. The van der Waals surface area contributed by atoms with Gasteiger partial charge in [0.1, 0.15) is 0 Å². The third-order valence-corrected chi connectivity index (χ3v) is 2.60. The van der Waals surface area contributed by atoms with E-state index in [0.29, 0.717) is 11.3 Å². The first-order chi connectivity index (χ1) is 6.35. The second-order valence-electron chi connectivity index (χ2n) is 2.36. The number of hydrogen-bond acceptors (Lipinski definition) is 2. The van der Waals surface area contributed by atoms with Crippen LogP contribution in [0.2, 0.25) is 4.34 Å². The van der Waals surface area contributed by atoms with Crippen LogP contribution >= 0.6 is 22.9 Å². The molecule has 1 heterocycles. The summed E-state index contributed by atoms with van der Waals surface area (Å²) < 4.78 is 48.6. The minimum Gasteiger partial charge on any atom is -0.286 e. The van der Waals surface area contributed by atoms with Gasteiger partial charge in [-0.25, -0.2) is 8.78 Å². The number of carbonyl (C=O) groups excluding carboxylic acids is 1. The van der Waals surface area contributed by atoms with E-state index in [1.54, 1.807) is 0 Å². The van der Waals surface area contributed by atoms with Crippen LogP contribution in [0.15, 0.2) is 12.1 Å². The zero-order chi connectivity index (χ0) is 10.9. The lowest BCUT2D eigenvalue weighted by atomic mass is 10.2. The Morgan fingerprint density at radius 3 is 2.36 bits per heavy atom. The fourth-order valence-corrected chi connectivity index (χ4v) is 1.72. The molecule has 0 aliphatic rings. The molecule has 1 nitrogen and oxygen atoms in total. The molecule has 0 N–H and O–H groups in total. The summed E-state index contributed by atoms with van der Waals surface area (Å²) in [7, 11) is 0. The fourth-order valence-electron chi connectivity index (χ4n) is 0.700. The molecular weight excluding hydrogens is 244 g/mol. The Labute approximate surface area is 85.3 Å². The maximum absolute atomic E-state index is 12.5. The first-order valence-corrected chi connectivity index (χ1v) is 4.51. The van der Waals surface area contributed by atoms with Crippen LogP contribution in [0.25, 0.3) is 0 Å². The molecule has 0 atom stereocenters. The van der Waals surface area contributed by atoms with Crippen molar-refractivity contribution in [2.24, 2.45) is 0 Å². The van der Waals surface area contributed by atoms with E-state index >= 15 is 0 Å². The van der Waals surface area contributed by atoms with Crippen molar-refractivity contribution in [2.45, 2.75) is 12.3 Å². The van der Waals surface area contributed by atoms with Gasteiger partial charge >= 0.3 is 12.3 Å². The standard InChI is InChI=1S/C7H3ClF4OS/c8-4-2-1-3(14-4)5(13)7(11,12)6(9)10/h1-2,6H. The van der Waals surface area contributed by atoms with E-state index in [-0.39, 0.29) is 4.34 Å². The molecule has 0 saturated heterocycles. The minimum absolute atomic E-state index is 0.0958. The number of alkyl halides is 4. The van der Waals surface area contributed by atoms with Crippen LogP contribution < -0.4 is 0 Å². The Bertz CT molecular complexity index is 349. The Morgan fingerprint density at radius 2 is 2.00 bits per heavy atom. The van der Waals surface area contributed by atoms with E-state index in [2.05, 4.69) is 0 Å². The zero-order valence-electron chi connectivity index (χ0n) is 6.44. The predicted octanol–water partition coefficient (Wildman–Crippen LogP) is 3.48. The smallest absolute Gasteiger partial charge is 0.286 e. The first kappa shape index (κ1) is 11.5. The molecule has 0 fully saturated rings. The Kier molecular flexibility index (Phi) is 3.16. The van der Waals surface area contributed by atoms with Crippen molar-refractivity contribution in [2.75, 3.05) is 0 Å². The van der Waals surface area contributed by atoms with Crippen molar-refractivity contribution in [1.29, 1.82) is 0 Å². The average Bonchev–Trinajstić information content (AvgIpc) is 2.50. The SMILES string of the molecule is O=C(c1ccc(Cl)s1)C(F)(F)C(F)F. The lowest BCUT2D eigenvalue weighted by molar-refractivity contribution is -0.0956. The molecule has 0 bridgehead atoms. The highest BCUT2D eigenvalue weighted by Crippen LogP contribution is 2.31. The number of thiophene rings is 1. The van der Waals surface area contributed by atoms with Gasteiger partial charge in [0, 0.05) is 0 Å². The molecule has 0 aliphatic carbocycles. The summed E-state index contributed by atoms with van der Waals surface area (Å²) in [5.74, 6) is -6.54. The van der Waals surface area contributed by atoms with Gasteiger partial charge in [-0.1, -0.05) is 11.6 Å². The average molecular weight is 247 g/mol. The minimum atomic E-state index is -4.64. The molecule has 0 amide bonds. The Morgan fingerprint density at radius 1 is 1.43 bits per heavy atom. The normalized spacial score (nSPS) is 12.1. The number of carbonyl (C=O) groups is 1. The summed E-state index contributed by atoms with van der Waals surface area (Å²) in [6.45, 7) is 0. The number of rotatable bonds is 3. The van der Waals surface area contributed by atoms with Crippen LogP contribution in [0.3, 0.4) is 0 Å². The molecule has 1 aromatic rings. The van der Waals surface area contributed by atoms with Crippen molar-refractivity contribution in [3.05, 3.63) is 21.3 Å². The Balaban J connectivity index is 2.96. The van der Waals surface area contributed by atoms with Crippen LogP contribution in [0.4, 0.5) is 17.6 Å². The molecule has 1 rings (SSSR count). The highest BCUT2D eigenvalue weighted by molar-refractivity contribution is 7.18. The van der Waals surface area contributed by atoms with Crippen molar-refractivity contribution in [3.63, 3.8) is 0 Å². The number of ketones is 1. The van der Waals surface area contributed by atoms with E-state index < -0.39 is 23.0 Å². The van der Waals surface area contributed by atoms with Crippen LogP contribution in [0.1, 0.15) is 9.67 Å². The lowest BCUT2D eigenvalue weighted by Crippen LogP contribution is -2.35. The van der Waals surface area contributed by atoms with Gasteiger partial charge in [0.2, 0.25) is 5.78 Å². The van der Waals surface area contributed by atoms with Gasteiger partial charge in [0.05, 0.1) is 9.21 Å². The molecule has 7 heteroatoms. The fraction of sp³-hybridized carbons (Fsp3) is 0.286. The van der Waals surface area contributed by atoms with Crippen molar-refractivity contribution in [3.8, 4) is 0 Å². The highest BCUT2D eigenvalue weighted by atomic mass is 35.5.